The third-order valence-electron chi connectivity index (χ3n) is 2.76. The van der Waals surface area contributed by atoms with Crippen LogP contribution in [0.15, 0.2) is 36.0 Å². The van der Waals surface area contributed by atoms with Crippen LogP contribution in [-0.2, 0) is 9.59 Å². The Labute approximate surface area is 126 Å². The van der Waals surface area contributed by atoms with Gasteiger partial charge in [-0.05, 0) is 30.7 Å². The normalized spacial score (nSPS) is 20.4. The van der Waals surface area contributed by atoms with E-state index in [1.54, 1.807) is 0 Å². The van der Waals surface area contributed by atoms with Gasteiger partial charge in [-0.15, -0.1) is 0 Å². The van der Waals surface area contributed by atoms with Gasteiger partial charge in [-0.1, -0.05) is 23.7 Å². The second-order valence-electron chi connectivity index (χ2n) is 4.51. The quantitative estimate of drug-likeness (QED) is 0.589. The van der Waals surface area contributed by atoms with Crippen LogP contribution in [0.4, 0.5) is 0 Å². The summed E-state index contributed by atoms with van der Waals surface area (Å²) >= 11 is 5.93. The number of halogens is 1. The molecule has 0 unspecified atom stereocenters. The van der Waals surface area contributed by atoms with Gasteiger partial charge in [0.2, 0.25) is 0 Å². The van der Waals surface area contributed by atoms with E-state index >= 15 is 0 Å². The van der Waals surface area contributed by atoms with E-state index in [0.717, 1.165) is 16.3 Å². The van der Waals surface area contributed by atoms with Gasteiger partial charge in [0.15, 0.2) is 0 Å². The molecule has 114 valence electrons. The zero-order chi connectivity index (χ0) is 16.0. The number of allylic oxidation sites excluding steroid dienone is 1. The summed E-state index contributed by atoms with van der Waals surface area (Å²) in [6.07, 6.45) is 2.16. The molecule has 0 spiro atoms. The number of rotatable bonds is 1. The highest BCUT2D eigenvalue weighted by Gasteiger charge is 2.19. The minimum absolute atomic E-state index is 0.156. The van der Waals surface area contributed by atoms with Crippen LogP contribution < -0.4 is 5.32 Å². The molecule has 0 amide bonds. The van der Waals surface area contributed by atoms with Crippen molar-refractivity contribution >= 4 is 23.5 Å². The standard InChI is InChI=1S/C12H14ClNO.C2H2O4/c1-8-5-11(15)7-12(14-8)9-3-2-4-10(13)6-9;3-1(4)2(5)6/h2-6,11-12,14-15H,7H2,1H3;(H,3,4)(H,5,6)/t11-,12-;/m1./s1. The van der Waals surface area contributed by atoms with Crippen LogP contribution in [0.2, 0.25) is 5.02 Å². The van der Waals surface area contributed by atoms with Gasteiger partial charge in [0.1, 0.15) is 0 Å². The van der Waals surface area contributed by atoms with Gasteiger partial charge in [0.25, 0.3) is 0 Å². The van der Waals surface area contributed by atoms with Crippen LogP contribution in [-0.4, -0.2) is 33.4 Å². The fraction of sp³-hybridized carbons (Fsp3) is 0.286. The van der Waals surface area contributed by atoms with Crippen molar-refractivity contribution in [2.75, 3.05) is 0 Å². The fourth-order valence-electron chi connectivity index (χ4n) is 1.92. The molecule has 7 heteroatoms. The molecule has 6 nitrogen and oxygen atoms in total. The number of hydrogen-bond donors (Lipinski definition) is 4. The van der Waals surface area contributed by atoms with E-state index in [0.29, 0.717) is 6.42 Å². The second kappa shape index (κ2) is 7.66. The highest BCUT2D eigenvalue weighted by atomic mass is 35.5. The maximum Gasteiger partial charge on any atom is 0.414 e. The molecule has 4 N–H and O–H groups in total. The van der Waals surface area contributed by atoms with Crippen molar-refractivity contribution in [1.29, 1.82) is 0 Å². The molecule has 0 saturated carbocycles. The number of nitrogens with one attached hydrogen (secondary N) is 1. The van der Waals surface area contributed by atoms with Crippen LogP contribution >= 0.6 is 11.6 Å². The number of benzene rings is 1. The molecule has 0 aromatic heterocycles. The van der Waals surface area contributed by atoms with Gasteiger partial charge in [-0.2, -0.15) is 0 Å². The van der Waals surface area contributed by atoms with E-state index in [4.69, 9.17) is 31.4 Å². The summed E-state index contributed by atoms with van der Waals surface area (Å²) in [5.74, 6) is -3.65. The fourth-order valence-corrected chi connectivity index (χ4v) is 2.12. The molecule has 0 radical (unpaired) electrons. The molecule has 0 fully saturated rings. The molecule has 1 aliphatic heterocycles. The molecule has 1 heterocycles. The first-order valence-corrected chi connectivity index (χ1v) is 6.52. The molecule has 1 aromatic carbocycles. The van der Waals surface area contributed by atoms with Crippen LogP contribution in [0, 0.1) is 0 Å². The van der Waals surface area contributed by atoms with Crippen molar-refractivity contribution in [3.63, 3.8) is 0 Å². The first-order chi connectivity index (χ1) is 9.79. The summed E-state index contributed by atoms with van der Waals surface area (Å²) in [4.78, 5) is 18.2. The number of hydrogen-bond acceptors (Lipinski definition) is 4. The van der Waals surface area contributed by atoms with E-state index in [-0.39, 0.29) is 12.1 Å². The van der Waals surface area contributed by atoms with E-state index < -0.39 is 11.9 Å². The van der Waals surface area contributed by atoms with Crippen molar-refractivity contribution in [3.05, 3.63) is 46.6 Å². The number of aliphatic hydroxyl groups is 1. The van der Waals surface area contributed by atoms with Crippen molar-refractivity contribution in [2.24, 2.45) is 0 Å². The zero-order valence-corrected chi connectivity index (χ0v) is 12.0. The van der Waals surface area contributed by atoms with Crippen molar-refractivity contribution < 1.29 is 24.9 Å². The van der Waals surface area contributed by atoms with E-state index in [9.17, 15) is 5.11 Å². The highest BCUT2D eigenvalue weighted by molar-refractivity contribution is 6.30. The Morgan fingerprint density at radius 2 is 1.90 bits per heavy atom. The smallest absolute Gasteiger partial charge is 0.414 e. The Balaban J connectivity index is 0.000000315. The van der Waals surface area contributed by atoms with Crippen LogP contribution in [0.25, 0.3) is 0 Å². The first kappa shape index (κ1) is 17.0. The number of carbonyl (C=O) groups is 2. The van der Waals surface area contributed by atoms with E-state index in [2.05, 4.69) is 5.32 Å². The van der Waals surface area contributed by atoms with Gasteiger partial charge in [0, 0.05) is 17.1 Å². The molecular formula is C14H16ClNO5. The van der Waals surface area contributed by atoms with Crippen LogP contribution in [0.5, 0.6) is 0 Å². The molecule has 1 aliphatic rings. The average molecular weight is 314 g/mol. The molecule has 2 atom stereocenters. The number of carboxylic acids is 2. The van der Waals surface area contributed by atoms with Gasteiger partial charge in [-0.3, -0.25) is 0 Å². The summed E-state index contributed by atoms with van der Waals surface area (Å²) in [6, 6.07) is 7.90. The van der Waals surface area contributed by atoms with Gasteiger partial charge < -0.3 is 20.6 Å². The lowest BCUT2D eigenvalue weighted by atomic mass is 9.97. The number of carboxylic acid groups (broad SMARTS) is 2. The SMILES string of the molecule is CC1=C[C@@H](O)C[C@H](c2cccc(Cl)c2)N1.O=C(O)C(=O)O. The summed E-state index contributed by atoms with van der Waals surface area (Å²) in [5, 5.41) is 28.5. The molecule has 0 bridgehead atoms. The Morgan fingerprint density at radius 3 is 2.38 bits per heavy atom. The molecular weight excluding hydrogens is 298 g/mol. The van der Waals surface area contributed by atoms with Gasteiger partial charge in [0.05, 0.1) is 12.1 Å². The Morgan fingerprint density at radius 1 is 1.29 bits per heavy atom. The van der Waals surface area contributed by atoms with Crippen LogP contribution in [0.1, 0.15) is 24.9 Å². The Hall–Kier alpha value is -2.05. The number of aliphatic hydroxyl groups excluding tert-OH is 1. The van der Waals surface area contributed by atoms with E-state index in [1.807, 2.05) is 37.3 Å². The summed E-state index contributed by atoms with van der Waals surface area (Å²) in [7, 11) is 0. The summed E-state index contributed by atoms with van der Waals surface area (Å²) < 4.78 is 0. The monoisotopic (exact) mass is 313 g/mol. The third kappa shape index (κ3) is 5.85. The predicted molar refractivity (Wildman–Crippen MR) is 77.0 cm³/mol. The topological polar surface area (TPSA) is 107 Å². The molecule has 0 saturated heterocycles. The first-order valence-electron chi connectivity index (χ1n) is 6.14. The lowest BCUT2D eigenvalue weighted by Gasteiger charge is -2.27. The third-order valence-corrected chi connectivity index (χ3v) is 2.99. The maximum atomic E-state index is 9.63. The molecule has 2 rings (SSSR count). The minimum Gasteiger partial charge on any atom is -0.473 e. The van der Waals surface area contributed by atoms with Crippen LogP contribution in [0.3, 0.4) is 0 Å². The lowest BCUT2D eigenvalue weighted by Crippen LogP contribution is -2.29. The molecule has 21 heavy (non-hydrogen) atoms. The van der Waals surface area contributed by atoms with Gasteiger partial charge >= 0.3 is 11.9 Å². The average Bonchev–Trinajstić information content (AvgIpc) is 2.38. The summed E-state index contributed by atoms with van der Waals surface area (Å²) in [6.45, 7) is 1.96. The molecule has 0 aliphatic carbocycles. The maximum absolute atomic E-state index is 9.63. The van der Waals surface area contributed by atoms with Crippen molar-refractivity contribution in [2.45, 2.75) is 25.5 Å². The Bertz CT molecular complexity index is 546. The predicted octanol–water partition coefficient (Wildman–Crippen LogP) is 1.79. The van der Waals surface area contributed by atoms with Crippen molar-refractivity contribution in [3.8, 4) is 0 Å². The van der Waals surface area contributed by atoms with E-state index in [1.165, 1.54) is 0 Å². The largest absolute Gasteiger partial charge is 0.473 e. The highest BCUT2D eigenvalue weighted by Crippen LogP contribution is 2.26. The minimum atomic E-state index is -1.82. The van der Waals surface area contributed by atoms with Gasteiger partial charge in [-0.25, -0.2) is 9.59 Å². The number of aliphatic carboxylic acids is 2. The zero-order valence-electron chi connectivity index (χ0n) is 11.3. The molecule has 1 aromatic rings. The summed E-state index contributed by atoms with van der Waals surface area (Å²) in [5.41, 5.74) is 2.13. The lowest BCUT2D eigenvalue weighted by molar-refractivity contribution is -0.159. The Kier molecular flexibility index (Phi) is 6.20. The van der Waals surface area contributed by atoms with Crippen molar-refractivity contribution in [1.82, 2.24) is 5.32 Å². The second-order valence-corrected chi connectivity index (χ2v) is 4.95.